The van der Waals surface area contributed by atoms with Crippen LogP contribution in [0.5, 0.6) is 0 Å². The first-order valence-corrected chi connectivity index (χ1v) is 5.09. The van der Waals surface area contributed by atoms with Crippen LogP contribution in [0.4, 0.5) is 5.69 Å². The molecule has 0 bridgehead atoms. The molecule has 1 aliphatic carbocycles. The molecule has 0 aromatic heterocycles. The van der Waals surface area contributed by atoms with Crippen LogP contribution in [0.15, 0.2) is 53.1 Å². The first-order chi connectivity index (χ1) is 7.24. The van der Waals surface area contributed by atoms with Gasteiger partial charge >= 0.3 is 0 Å². The van der Waals surface area contributed by atoms with Gasteiger partial charge in [0.05, 0.1) is 29.8 Å². The van der Waals surface area contributed by atoms with E-state index in [0.29, 0.717) is 0 Å². The molecule has 1 aliphatic rings. The van der Waals surface area contributed by atoms with Gasteiger partial charge in [0.25, 0.3) is 0 Å². The van der Waals surface area contributed by atoms with Crippen molar-refractivity contribution in [1.29, 1.82) is 0 Å². The highest BCUT2D eigenvalue weighted by molar-refractivity contribution is 6.06. The minimum atomic E-state index is 1.01. The molecule has 0 saturated carbocycles. The van der Waals surface area contributed by atoms with Gasteiger partial charge in [0.2, 0.25) is 0 Å². The molecule has 1 aromatic rings. The maximum atomic E-state index is 4.56. The van der Waals surface area contributed by atoms with Crippen LogP contribution in [0.25, 0.3) is 0 Å². The van der Waals surface area contributed by atoms with Crippen LogP contribution in [0.2, 0.25) is 0 Å². The molecule has 2 rings (SSSR count). The molecule has 0 radical (unpaired) electrons. The molecule has 0 saturated heterocycles. The summed E-state index contributed by atoms with van der Waals surface area (Å²) >= 11 is 0. The molecule has 1 heteroatoms. The zero-order valence-electron chi connectivity index (χ0n) is 9.07. The molecular weight excluding hydrogens is 182 g/mol. The number of benzene rings is 1. The molecule has 0 atom stereocenters. The van der Waals surface area contributed by atoms with Gasteiger partial charge in [-0.25, -0.2) is 4.99 Å². The van der Waals surface area contributed by atoms with E-state index in [1.165, 1.54) is 11.1 Å². The molecule has 74 valence electrons. The predicted molar refractivity (Wildman–Crippen MR) is 65.5 cm³/mol. The van der Waals surface area contributed by atoms with E-state index in [9.17, 15) is 0 Å². The monoisotopic (exact) mass is 196 g/mol. The summed E-state index contributed by atoms with van der Waals surface area (Å²) in [4.78, 5) is 4.56. The summed E-state index contributed by atoms with van der Waals surface area (Å²) in [5.74, 6) is 0. The van der Waals surface area contributed by atoms with Crippen molar-refractivity contribution in [2.24, 2.45) is 4.99 Å². The fourth-order valence-electron chi connectivity index (χ4n) is 1.54. The third-order valence-electron chi connectivity index (χ3n) is 2.26. The van der Waals surface area contributed by atoms with Crippen LogP contribution in [-0.4, -0.2) is 5.71 Å². The minimum Gasteiger partial charge on any atom is -0.222 e. The van der Waals surface area contributed by atoms with Gasteiger partial charge in [0.15, 0.2) is 5.71 Å². The van der Waals surface area contributed by atoms with Gasteiger partial charge in [-0.15, -0.1) is 0 Å². The van der Waals surface area contributed by atoms with Crippen molar-refractivity contribution in [3.63, 3.8) is 0 Å². The van der Waals surface area contributed by atoms with Crippen molar-refractivity contribution in [2.75, 3.05) is 0 Å². The summed E-state index contributed by atoms with van der Waals surface area (Å²) in [6.45, 7) is 4.16. The molecule has 1 aromatic carbocycles. The average Bonchev–Trinajstić information content (AvgIpc) is 2.17. The molecule has 0 aliphatic heterocycles. The van der Waals surface area contributed by atoms with Crippen LogP contribution in [0.1, 0.15) is 12.5 Å². The lowest BCUT2D eigenvalue weighted by Gasteiger charge is -1.98. The summed E-state index contributed by atoms with van der Waals surface area (Å²) in [5, 5.41) is 0. The Kier molecular flexibility index (Phi) is 2.72. The van der Waals surface area contributed by atoms with Gasteiger partial charge < -0.3 is 0 Å². The number of aryl methyl sites for hydroxylation is 1. The Morgan fingerprint density at radius 2 is 2.07 bits per heavy atom. The van der Waals surface area contributed by atoms with E-state index < -0.39 is 0 Å². The minimum absolute atomic E-state index is 1.01. The largest absolute Gasteiger partial charge is 0.222 e. The second-order valence-corrected chi connectivity index (χ2v) is 3.79. The summed E-state index contributed by atoms with van der Waals surface area (Å²) in [6.07, 6.45) is 8.22. The Labute approximate surface area is 90.9 Å². The maximum Gasteiger partial charge on any atom is 0.173 e. The van der Waals surface area contributed by atoms with Crippen LogP contribution >= 0.6 is 0 Å². The number of hydrogen-bond donors (Lipinski definition) is 0. The van der Waals surface area contributed by atoms with E-state index in [-0.39, 0.29) is 0 Å². The number of hydrogen-bond acceptors (Lipinski definition) is 1. The fourth-order valence-corrected chi connectivity index (χ4v) is 1.54. The zero-order chi connectivity index (χ0) is 10.7. The number of allylic oxidation sites excluding steroid dienone is 4. The number of rotatable bonds is 1. The molecule has 0 amide bonds. The van der Waals surface area contributed by atoms with Crippen molar-refractivity contribution >= 4 is 11.4 Å². The lowest BCUT2D eigenvalue weighted by Crippen LogP contribution is -1.97. The maximum absolute atomic E-state index is 4.56. The fraction of sp³-hybridized carbons (Fsp3) is 0.143. The van der Waals surface area contributed by atoms with Crippen molar-refractivity contribution < 1.29 is 0 Å². The smallest absolute Gasteiger partial charge is 0.173 e. The van der Waals surface area contributed by atoms with Gasteiger partial charge in [0, 0.05) is 6.08 Å². The molecular formula is C14H14N+. The van der Waals surface area contributed by atoms with E-state index in [2.05, 4.69) is 43.1 Å². The summed E-state index contributed by atoms with van der Waals surface area (Å²) < 4.78 is 0. The van der Waals surface area contributed by atoms with E-state index in [1.807, 2.05) is 24.6 Å². The van der Waals surface area contributed by atoms with Crippen LogP contribution in [0.3, 0.4) is 0 Å². The number of nitrogens with zero attached hydrogens (tertiary/aromatic N) is 1. The molecule has 0 fully saturated rings. The van der Waals surface area contributed by atoms with Gasteiger partial charge in [-0.2, -0.15) is 0 Å². The van der Waals surface area contributed by atoms with Crippen molar-refractivity contribution in [2.45, 2.75) is 13.8 Å². The SMILES string of the molecule is CC1=CC(=Nc2cccc(C)c2)[CH+]C=C1. The first kappa shape index (κ1) is 9.78. The average molecular weight is 196 g/mol. The molecule has 0 spiro atoms. The van der Waals surface area contributed by atoms with Crippen molar-refractivity contribution in [1.82, 2.24) is 0 Å². The normalized spacial score (nSPS) is 17.5. The third kappa shape index (κ3) is 2.59. The second kappa shape index (κ2) is 4.18. The standard InChI is InChI=1S/C14H14N/c1-11-5-3-7-13(9-11)15-14-8-4-6-12(2)10-14/h3-10H,1-2H3/q+1. The summed E-state index contributed by atoms with van der Waals surface area (Å²) in [7, 11) is 0. The Morgan fingerprint density at radius 1 is 1.20 bits per heavy atom. The quantitative estimate of drug-likeness (QED) is 0.606. The zero-order valence-corrected chi connectivity index (χ0v) is 9.07. The first-order valence-electron chi connectivity index (χ1n) is 5.09. The molecule has 15 heavy (non-hydrogen) atoms. The third-order valence-corrected chi connectivity index (χ3v) is 2.26. The molecule has 0 heterocycles. The van der Waals surface area contributed by atoms with Gasteiger partial charge in [-0.1, -0.05) is 12.1 Å². The topological polar surface area (TPSA) is 12.4 Å². The summed E-state index contributed by atoms with van der Waals surface area (Å²) in [6, 6.07) is 8.22. The molecule has 1 nitrogen and oxygen atoms in total. The van der Waals surface area contributed by atoms with Crippen LogP contribution in [-0.2, 0) is 0 Å². The lowest BCUT2D eigenvalue weighted by molar-refractivity contribution is 1.41. The molecule has 0 N–H and O–H groups in total. The van der Waals surface area contributed by atoms with Gasteiger partial charge in [-0.3, -0.25) is 0 Å². The second-order valence-electron chi connectivity index (χ2n) is 3.79. The van der Waals surface area contributed by atoms with E-state index in [1.54, 1.807) is 0 Å². The molecule has 0 unspecified atom stereocenters. The Balaban J connectivity index is 2.27. The van der Waals surface area contributed by atoms with E-state index >= 15 is 0 Å². The van der Waals surface area contributed by atoms with Crippen LogP contribution in [0, 0.1) is 13.3 Å². The Morgan fingerprint density at radius 3 is 2.80 bits per heavy atom. The van der Waals surface area contributed by atoms with Gasteiger partial charge in [0.1, 0.15) is 0 Å². The highest BCUT2D eigenvalue weighted by atomic mass is 14.7. The van der Waals surface area contributed by atoms with Crippen LogP contribution < -0.4 is 0 Å². The highest BCUT2D eigenvalue weighted by Gasteiger charge is 2.08. The van der Waals surface area contributed by atoms with Crippen molar-refractivity contribution in [3.05, 3.63) is 60.1 Å². The lowest BCUT2D eigenvalue weighted by atomic mass is 10.1. The Hall–Kier alpha value is -1.76. The highest BCUT2D eigenvalue weighted by Crippen LogP contribution is 2.16. The summed E-state index contributed by atoms with van der Waals surface area (Å²) in [5.41, 5.74) is 4.51. The van der Waals surface area contributed by atoms with E-state index in [0.717, 1.165) is 11.4 Å². The van der Waals surface area contributed by atoms with Crippen molar-refractivity contribution in [3.8, 4) is 0 Å². The predicted octanol–water partition coefficient (Wildman–Crippen LogP) is 3.79. The number of aliphatic imine (C=N–C) groups is 1. The Bertz CT molecular complexity index is 450. The van der Waals surface area contributed by atoms with E-state index in [4.69, 9.17) is 0 Å². The van der Waals surface area contributed by atoms with Gasteiger partial charge in [-0.05, 0) is 31.5 Å².